The molecule has 0 fully saturated rings. The maximum absolute atomic E-state index is 12.3. The monoisotopic (exact) mass is 405 g/mol. The minimum atomic E-state index is -0.234. The molecule has 0 saturated carbocycles. The molecule has 0 spiro atoms. The molecule has 3 aromatic rings. The second kappa shape index (κ2) is 9.32. The van der Waals surface area contributed by atoms with Crippen molar-refractivity contribution >= 4 is 18.6 Å². The van der Waals surface area contributed by atoms with Gasteiger partial charge in [-0.15, -0.1) is 0 Å². The number of carbonyl (C=O) groups is 1. The van der Waals surface area contributed by atoms with Crippen LogP contribution in [0.1, 0.15) is 45.6 Å². The Kier molecular flexibility index (Phi) is 6.81. The normalized spacial score (nSPS) is 11.3. The maximum atomic E-state index is 12.3. The lowest BCUT2D eigenvalue weighted by Crippen LogP contribution is -2.21. The van der Waals surface area contributed by atoms with Gasteiger partial charge in [0.25, 0.3) is 0 Å². The average Bonchev–Trinajstić information content (AvgIpc) is 2.79. The van der Waals surface area contributed by atoms with Crippen molar-refractivity contribution in [1.29, 1.82) is 0 Å². The van der Waals surface area contributed by atoms with Gasteiger partial charge in [0.1, 0.15) is 10.5 Å². The molecular formula is C26H29O2S+. The van der Waals surface area contributed by atoms with E-state index in [4.69, 9.17) is 4.74 Å². The van der Waals surface area contributed by atoms with Gasteiger partial charge in [-0.2, -0.15) is 0 Å². The standard InChI is InChI=1S/C26H28O2S/c1-4-24(27)28-25-22(19-13-9-7-10-14-19)17-21(26(29,5-2)6-3)18-23(25)20-15-11-8-12-16-20/h7-18,29H,4-6H2,1-3H3/p+1. The lowest BCUT2D eigenvalue weighted by atomic mass is 9.86. The van der Waals surface area contributed by atoms with Gasteiger partial charge in [0.05, 0.1) is 0 Å². The summed E-state index contributed by atoms with van der Waals surface area (Å²) in [7, 11) is 0. The Balaban J connectivity index is 2.35. The molecule has 0 radical (unpaired) electrons. The van der Waals surface area contributed by atoms with Crippen molar-refractivity contribution in [2.45, 2.75) is 44.8 Å². The third kappa shape index (κ3) is 4.56. The fourth-order valence-electron chi connectivity index (χ4n) is 3.52. The summed E-state index contributed by atoms with van der Waals surface area (Å²) >= 11 is 4.05. The van der Waals surface area contributed by atoms with E-state index >= 15 is 0 Å². The summed E-state index contributed by atoms with van der Waals surface area (Å²) in [6, 6.07) is 24.6. The van der Waals surface area contributed by atoms with Crippen molar-refractivity contribution in [2.75, 3.05) is 0 Å². The number of carbonyl (C=O) groups excluding carboxylic acids is 1. The summed E-state index contributed by atoms with van der Waals surface area (Å²) in [6.45, 7) is 6.19. The summed E-state index contributed by atoms with van der Waals surface area (Å²) in [5.74, 6) is 0.391. The number of benzene rings is 3. The molecule has 3 rings (SSSR count). The number of hydrogen-bond donors (Lipinski definition) is 0. The van der Waals surface area contributed by atoms with E-state index in [1.54, 1.807) is 0 Å². The average molecular weight is 406 g/mol. The Hall–Kier alpha value is -2.52. The van der Waals surface area contributed by atoms with Crippen LogP contribution < -0.4 is 4.74 Å². The summed E-state index contributed by atoms with van der Waals surface area (Å²) < 4.78 is 5.78. The first-order chi connectivity index (χ1) is 14.0. The highest BCUT2D eigenvalue weighted by Gasteiger charge is 2.32. The molecule has 0 amide bonds. The number of ether oxygens (including phenoxy) is 1. The van der Waals surface area contributed by atoms with Crippen LogP contribution in [0.5, 0.6) is 5.75 Å². The zero-order valence-corrected chi connectivity index (χ0v) is 18.4. The first-order valence-corrected chi connectivity index (χ1v) is 10.8. The van der Waals surface area contributed by atoms with Crippen LogP contribution in [0.15, 0.2) is 72.8 Å². The number of hydrogen-bond acceptors (Lipinski definition) is 2. The molecule has 0 aromatic heterocycles. The largest absolute Gasteiger partial charge is 0.425 e. The maximum Gasteiger partial charge on any atom is 0.310 e. The van der Waals surface area contributed by atoms with E-state index in [2.05, 4.69) is 62.9 Å². The lowest BCUT2D eigenvalue weighted by Gasteiger charge is -2.24. The highest BCUT2D eigenvalue weighted by Crippen LogP contribution is 2.44. The predicted octanol–water partition coefficient (Wildman–Crippen LogP) is 6.36. The van der Waals surface area contributed by atoms with Crippen molar-refractivity contribution < 1.29 is 9.53 Å². The molecule has 3 heteroatoms. The molecule has 0 atom stereocenters. The van der Waals surface area contributed by atoms with Gasteiger partial charge in [0.15, 0.2) is 0 Å². The van der Waals surface area contributed by atoms with Crippen molar-refractivity contribution in [1.82, 2.24) is 0 Å². The van der Waals surface area contributed by atoms with Gasteiger partial charge >= 0.3 is 5.97 Å². The predicted molar refractivity (Wildman–Crippen MR) is 126 cm³/mol. The first-order valence-electron chi connectivity index (χ1n) is 10.3. The van der Waals surface area contributed by atoms with Crippen LogP contribution in [0.25, 0.3) is 22.3 Å². The van der Waals surface area contributed by atoms with Crippen LogP contribution in [0.3, 0.4) is 0 Å². The quantitative estimate of drug-likeness (QED) is 0.260. The zero-order chi connectivity index (χ0) is 20.9. The Morgan fingerprint density at radius 2 is 1.28 bits per heavy atom. The van der Waals surface area contributed by atoms with Gasteiger partial charge < -0.3 is 4.74 Å². The smallest absolute Gasteiger partial charge is 0.310 e. The summed E-state index contributed by atoms with van der Waals surface area (Å²) in [4.78, 5) is 12.3. The van der Waals surface area contributed by atoms with E-state index < -0.39 is 0 Å². The second-order valence-corrected chi connectivity index (χ2v) is 8.21. The highest BCUT2D eigenvalue weighted by atomic mass is 32.1. The molecule has 0 heterocycles. The van der Waals surface area contributed by atoms with E-state index in [1.807, 2.05) is 43.3 Å². The van der Waals surface area contributed by atoms with Gasteiger partial charge in [-0.3, -0.25) is 4.79 Å². The molecule has 0 aliphatic rings. The van der Waals surface area contributed by atoms with E-state index in [1.165, 1.54) is 5.56 Å². The molecular weight excluding hydrogens is 376 g/mol. The van der Waals surface area contributed by atoms with Gasteiger partial charge in [-0.1, -0.05) is 81.4 Å². The van der Waals surface area contributed by atoms with Crippen molar-refractivity contribution in [3.05, 3.63) is 78.4 Å². The van der Waals surface area contributed by atoms with Gasteiger partial charge in [-0.05, 0) is 48.7 Å². The zero-order valence-electron chi connectivity index (χ0n) is 17.4. The van der Waals surface area contributed by atoms with Crippen molar-refractivity contribution in [3.63, 3.8) is 0 Å². The van der Waals surface area contributed by atoms with Gasteiger partial charge in [0.2, 0.25) is 0 Å². The third-order valence-electron chi connectivity index (χ3n) is 5.52. The SMILES string of the molecule is CCC(=O)Oc1c(-c2ccccc2)cc(C([SH2+])(CC)CC)cc1-c1ccccc1. The molecule has 0 aliphatic carbocycles. The first kappa shape index (κ1) is 21.2. The van der Waals surface area contributed by atoms with E-state index in [-0.39, 0.29) is 10.7 Å². The highest BCUT2D eigenvalue weighted by molar-refractivity contribution is 7.60. The van der Waals surface area contributed by atoms with Crippen LogP contribution in [0.4, 0.5) is 0 Å². The minimum absolute atomic E-state index is 0.139. The minimum Gasteiger partial charge on any atom is -0.425 e. The summed E-state index contributed by atoms with van der Waals surface area (Å²) in [5.41, 5.74) is 5.13. The van der Waals surface area contributed by atoms with Crippen molar-refractivity contribution in [2.24, 2.45) is 0 Å². The molecule has 0 unspecified atom stereocenters. The van der Waals surface area contributed by atoms with Crippen molar-refractivity contribution in [3.8, 4) is 28.0 Å². The molecule has 29 heavy (non-hydrogen) atoms. The van der Waals surface area contributed by atoms with Crippen LogP contribution >= 0.6 is 0 Å². The fraction of sp³-hybridized carbons (Fsp3) is 0.269. The Bertz CT molecular complexity index is 900. The molecule has 2 nitrogen and oxygen atoms in total. The molecule has 0 saturated heterocycles. The van der Waals surface area contributed by atoms with Gasteiger partial charge in [-0.25, -0.2) is 0 Å². The van der Waals surface area contributed by atoms with Crippen LogP contribution in [0.2, 0.25) is 0 Å². The number of esters is 1. The van der Waals surface area contributed by atoms with E-state index in [9.17, 15) is 4.79 Å². The lowest BCUT2D eigenvalue weighted by molar-refractivity contribution is -0.133. The Morgan fingerprint density at radius 1 is 0.828 bits per heavy atom. The van der Waals surface area contributed by atoms with E-state index in [0.29, 0.717) is 12.2 Å². The summed E-state index contributed by atoms with van der Waals surface area (Å²) in [5, 5.41) is 0. The number of rotatable bonds is 7. The third-order valence-corrected chi connectivity index (χ3v) is 6.52. The molecule has 150 valence electrons. The van der Waals surface area contributed by atoms with E-state index in [0.717, 1.165) is 35.1 Å². The fourth-order valence-corrected chi connectivity index (χ4v) is 3.67. The van der Waals surface area contributed by atoms with Crippen LogP contribution in [-0.2, 0) is 22.2 Å². The molecule has 0 bridgehead atoms. The summed E-state index contributed by atoms with van der Waals surface area (Å²) in [6.07, 6.45) is 2.24. The molecule has 0 N–H and O–H groups in total. The Labute approximate surface area is 179 Å². The topological polar surface area (TPSA) is 26.3 Å². The van der Waals surface area contributed by atoms with Crippen LogP contribution in [0, 0.1) is 0 Å². The Morgan fingerprint density at radius 3 is 1.66 bits per heavy atom. The second-order valence-electron chi connectivity index (χ2n) is 7.25. The molecule has 3 aromatic carbocycles. The molecule has 0 aliphatic heterocycles. The van der Waals surface area contributed by atoms with Crippen LogP contribution in [-0.4, -0.2) is 5.97 Å². The van der Waals surface area contributed by atoms with Gasteiger partial charge in [0, 0.05) is 23.1 Å².